The van der Waals surface area contributed by atoms with Gasteiger partial charge in [0, 0.05) is 22.9 Å². The van der Waals surface area contributed by atoms with Gasteiger partial charge in [-0.05, 0) is 12.1 Å². The standard InChI is InChI=1S/C16H13N3O3S2/c20-14(19-16-17-7-9-23-16)13-12(24-10-18-13)6-8-22-15(21)11-4-2-1-3-5-11/h1-5,7,9-10H,6,8H2,(H,17,19,20). The molecule has 24 heavy (non-hydrogen) atoms. The minimum Gasteiger partial charge on any atom is -0.462 e. The molecule has 0 aliphatic carbocycles. The number of nitrogens with one attached hydrogen (secondary N) is 1. The summed E-state index contributed by atoms with van der Waals surface area (Å²) in [6.07, 6.45) is 2.05. The van der Waals surface area contributed by atoms with Crippen LogP contribution in [0.25, 0.3) is 0 Å². The fraction of sp³-hybridized carbons (Fsp3) is 0.125. The van der Waals surface area contributed by atoms with E-state index in [0.717, 1.165) is 4.88 Å². The summed E-state index contributed by atoms with van der Waals surface area (Å²) in [5.41, 5.74) is 2.44. The zero-order chi connectivity index (χ0) is 16.8. The predicted molar refractivity (Wildman–Crippen MR) is 92.6 cm³/mol. The maximum Gasteiger partial charge on any atom is 0.338 e. The van der Waals surface area contributed by atoms with E-state index in [1.807, 2.05) is 6.07 Å². The Morgan fingerprint density at radius 1 is 1.12 bits per heavy atom. The number of aromatic nitrogens is 2. The highest BCUT2D eigenvalue weighted by Gasteiger charge is 2.16. The first-order valence-electron chi connectivity index (χ1n) is 7.09. The smallest absolute Gasteiger partial charge is 0.338 e. The molecule has 0 radical (unpaired) electrons. The lowest BCUT2D eigenvalue weighted by molar-refractivity contribution is 0.0510. The van der Waals surface area contributed by atoms with Crippen molar-refractivity contribution in [1.29, 1.82) is 0 Å². The lowest BCUT2D eigenvalue weighted by Gasteiger charge is -2.05. The van der Waals surface area contributed by atoms with Gasteiger partial charge < -0.3 is 4.74 Å². The lowest BCUT2D eigenvalue weighted by Crippen LogP contribution is -2.15. The van der Waals surface area contributed by atoms with Crippen molar-refractivity contribution in [3.63, 3.8) is 0 Å². The van der Waals surface area contributed by atoms with Gasteiger partial charge in [-0.1, -0.05) is 18.2 Å². The van der Waals surface area contributed by atoms with E-state index in [0.29, 0.717) is 22.8 Å². The van der Waals surface area contributed by atoms with Crippen LogP contribution in [0.5, 0.6) is 0 Å². The number of benzene rings is 1. The monoisotopic (exact) mass is 359 g/mol. The Kier molecular flexibility index (Phi) is 5.29. The van der Waals surface area contributed by atoms with Gasteiger partial charge in [0.1, 0.15) is 5.69 Å². The molecule has 3 rings (SSSR count). The lowest BCUT2D eigenvalue weighted by atomic mass is 10.2. The van der Waals surface area contributed by atoms with Crippen LogP contribution >= 0.6 is 22.7 Å². The number of carbonyl (C=O) groups is 2. The van der Waals surface area contributed by atoms with Crippen molar-refractivity contribution in [1.82, 2.24) is 9.97 Å². The van der Waals surface area contributed by atoms with Crippen molar-refractivity contribution in [3.8, 4) is 0 Å². The van der Waals surface area contributed by atoms with E-state index in [-0.39, 0.29) is 18.5 Å². The normalized spacial score (nSPS) is 10.3. The van der Waals surface area contributed by atoms with Crippen LogP contribution in [0.4, 0.5) is 5.13 Å². The Labute approximate surface area is 146 Å². The molecule has 6 nitrogen and oxygen atoms in total. The first-order valence-corrected chi connectivity index (χ1v) is 8.85. The van der Waals surface area contributed by atoms with Gasteiger partial charge in [0.05, 0.1) is 17.7 Å². The van der Waals surface area contributed by atoms with Crippen LogP contribution < -0.4 is 5.32 Å². The summed E-state index contributed by atoms with van der Waals surface area (Å²) in [7, 11) is 0. The minimum absolute atomic E-state index is 0.188. The topological polar surface area (TPSA) is 81.2 Å². The number of hydrogen-bond acceptors (Lipinski definition) is 7. The molecule has 1 aromatic carbocycles. The molecule has 2 heterocycles. The summed E-state index contributed by atoms with van der Waals surface area (Å²) in [6, 6.07) is 8.78. The van der Waals surface area contributed by atoms with Gasteiger partial charge >= 0.3 is 5.97 Å². The van der Waals surface area contributed by atoms with Crippen LogP contribution in [-0.4, -0.2) is 28.5 Å². The van der Waals surface area contributed by atoms with E-state index in [2.05, 4.69) is 15.3 Å². The molecule has 0 aliphatic rings. The first-order chi connectivity index (χ1) is 11.7. The highest BCUT2D eigenvalue weighted by molar-refractivity contribution is 7.13. The third-order valence-corrected chi connectivity index (χ3v) is 4.66. The maximum atomic E-state index is 12.2. The number of nitrogens with zero attached hydrogens (tertiary/aromatic N) is 2. The highest BCUT2D eigenvalue weighted by Crippen LogP contribution is 2.18. The molecule has 0 fully saturated rings. The van der Waals surface area contributed by atoms with E-state index in [1.54, 1.807) is 41.4 Å². The van der Waals surface area contributed by atoms with Gasteiger partial charge in [0.2, 0.25) is 0 Å². The molecule has 0 saturated carbocycles. The number of ether oxygens (including phenoxy) is 1. The molecule has 0 aliphatic heterocycles. The molecule has 0 unspecified atom stereocenters. The molecule has 3 aromatic rings. The molecule has 0 bridgehead atoms. The van der Waals surface area contributed by atoms with Gasteiger partial charge in [-0.25, -0.2) is 14.8 Å². The van der Waals surface area contributed by atoms with Gasteiger partial charge in [-0.15, -0.1) is 22.7 Å². The van der Waals surface area contributed by atoms with Gasteiger partial charge in [-0.2, -0.15) is 0 Å². The Bertz CT molecular complexity index is 816. The number of rotatable bonds is 6. The molecule has 2 aromatic heterocycles. The van der Waals surface area contributed by atoms with Gasteiger partial charge in [-0.3, -0.25) is 10.1 Å². The van der Waals surface area contributed by atoms with Gasteiger partial charge in [0.25, 0.3) is 5.91 Å². The number of anilines is 1. The van der Waals surface area contributed by atoms with Crippen molar-refractivity contribution in [2.75, 3.05) is 11.9 Å². The van der Waals surface area contributed by atoms with Crippen LogP contribution in [0.15, 0.2) is 47.4 Å². The summed E-state index contributed by atoms with van der Waals surface area (Å²) >= 11 is 2.69. The van der Waals surface area contributed by atoms with E-state index in [4.69, 9.17) is 4.74 Å². The Morgan fingerprint density at radius 3 is 2.71 bits per heavy atom. The summed E-state index contributed by atoms with van der Waals surface area (Å²) in [5, 5.41) is 5.00. The summed E-state index contributed by atoms with van der Waals surface area (Å²) in [4.78, 5) is 33.0. The van der Waals surface area contributed by atoms with Gasteiger partial charge in [0.15, 0.2) is 5.13 Å². The molecule has 0 spiro atoms. The molecular weight excluding hydrogens is 346 g/mol. The van der Waals surface area contributed by atoms with Crippen molar-refractivity contribution < 1.29 is 14.3 Å². The zero-order valence-electron chi connectivity index (χ0n) is 12.5. The molecular formula is C16H13N3O3S2. The van der Waals surface area contributed by atoms with Crippen molar-refractivity contribution in [2.24, 2.45) is 0 Å². The first kappa shape index (κ1) is 16.3. The fourth-order valence-electron chi connectivity index (χ4n) is 1.97. The largest absolute Gasteiger partial charge is 0.462 e. The average molecular weight is 359 g/mol. The number of thiazole rings is 2. The van der Waals surface area contributed by atoms with Crippen LogP contribution in [0.3, 0.4) is 0 Å². The summed E-state index contributed by atoms with van der Waals surface area (Å²) in [6.45, 7) is 0.188. The van der Waals surface area contributed by atoms with Crippen LogP contribution in [-0.2, 0) is 11.2 Å². The molecule has 0 atom stereocenters. The Balaban J connectivity index is 1.56. The number of esters is 1. The van der Waals surface area contributed by atoms with Crippen LogP contribution in [0, 0.1) is 0 Å². The third-order valence-electron chi connectivity index (χ3n) is 3.08. The second-order valence-corrected chi connectivity index (χ2v) is 6.50. The SMILES string of the molecule is O=C(OCCc1scnc1C(=O)Nc1nccs1)c1ccccc1. The second-order valence-electron chi connectivity index (χ2n) is 4.67. The van der Waals surface area contributed by atoms with Crippen molar-refractivity contribution in [3.05, 3.63) is 63.6 Å². The molecule has 0 saturated heterocycles. The highest BCUT2D eigenvalue weighted by atomic mass is 32.1. The Morgan fingerprint density at radius 2 is 1.96 bits per heavy atom. The number of amides is 1. The average Bonchev–Trinajstić information content (AvgIpc) is 3.27. The van der Waals surface area contributed by atoms with E-state index >= 15 is 0 Å². The van der Waals surface area contributed by atoms with E-state index < -0.39 is 0 Å². The predicted octanol–water partition coefficient (Wildman–Crippen LogP) is 3.25. The molecule has 8 heteroatoms. The molecule has 1 amide bonds. The Hall–Kier alpha value is -2.58. The molecule has 1 N–H and O–H groups in total. The fourth-order valence-corrected chi connectivity index (χ4v) is 3.24. The quantitative estimate of drug-likeness (QED) is 0.683. The van der Waals surface area contributed by atoms with Crippen molar-refractivity contribution in [2.45, 2.75) is 6.42 Å². The molecule has 122 valence electrons. The maximum absolute atomic E-state index is 12.2. The summed E-state index contributed by atoms with van der Waals surface area (Å²) in [5.74, 6) is -0.690. The second kappa shape index (κ2) is 7.80. The van der Waals surface area contributed by atoms with Crippen molar-refractivity contribution >= 4 is 39.7 Å². The zero-order valence-corrected chi connectivity index (χ0v) is 14.1. The van der Waals surface area contributed by atoms with E-state index in [1.165, 1.54) is 22.7 Å². The summed E-state index contributed by atoms with van der Waals surface area (Å²) < 4.78 is 5.24. The third kappa shape index (κ3) is 4.03. The van der Waals surface area contributed by atoms with Crippen LogP contribution in [0.2, 0.25) is 0 Å². The minimum atomic E-state index is -0.381. The van der Waals surface area contributed by atoms with Crippen LogP contribution in [0.1, 0.15) is 25.7 Å². The number of carbonyl (C=O) groups excluding carboxylic acids is 2. The number of hydrogen-bond donors (Lipinski definition) is 1. The van der Waals surface area contributed by atoms with E-state index in [9.17, 15) is 9.59 Å².